The summed E-state index contributed by atoms with van der Waals surface area (Å²) in [5, 5.41) is 4.87. The van der Waals surface area contributed by atoms with Crippen LogP contribution in [0.1, 0.15) is 13.8 Å². The Morgan fingerprint density at radius 1 is 1.24 bits per heavy atom. The van der Waals surface area contributed by atoms with Crippen molar-refractivity contribution in [3.05, 3.63) is 18.2 Å². The Morgan fingerprint density at radius 2 is 1.95 bits per heavy atom. The van der Waals surface area contributed by atoms with Crippen molar-refractivity contribution in [1.82, 2.24) is 10.6 Å². The molecule has 1 heterocycles. The monoisotopic (exact) mass is 310 g/mol. The topological polar surface area (TPSA) is 76.7 Å². The van der Waals surface area contributed by atoms with E-state index in [-0.39, 0.29) is 17.7 Å². The van der Waals surface area contributed by atoms with Crippen molar-refractivity contribution in [2.75, 3.05) is 19.0 Å². The first-order valence-corrected chi connectivity index (χ1v) is 7.66. The molecule has 1 aliphatic heterocycles. The fourth-order valence-electron chi connectivity index (χ4n) is 1.72. The molecule has 2 N–H and O–H groups in total. The van der Waals surface area contributed by atoms with Crippen molar-refractivity contribution in [3.63, 3.8) is 0 Å². The van der Waals surface area contributed by atoms with Crippen LogP contribution in [0, 0.1) is 0 Å². The van der Waals surface area contributed by atoms with Gasteiger partial charge in [0.05, 0.1) is 5.75 Å². The van der Waals surface area contributed by atoms with Crippen LogP contribution in [0.2, 0.25) is 0 Å². The lowest BCUT2D eigenvalue weighted by atomic mass is 10.3. The number of benzene rings is 1. The summed E-state index contributed by atoms with van der Waals surface area (Å²) < 4.78 is 10.9. The van der Waals surface area contributed by atoms with Crippen LogP contribution in [0.3, 0.4) is 0 Å². The van der Waals surface area contributed by atoms with E-state index in [4.69, 9.17) is 9.47 Å². The standard InChI is InChI=1S/C14H18N2O4S/c1-9(2)15-14(18)16-13(17)8-21-10-3-4-11-12(7-10)20-6-5-19-11/h3-4,7,9H,5-6,8H2,1-2H3,(H2,15,16,17,18). The van der Waals surface area contributed by atoms with Crippen molar-refractivity contribution in [1.29, 1.82) is 0 Å². The number of carbonyl (C=O) groups is 2. The molecule has 0 saturated heterocycles. The molecule has 3 amide bonds. The smallest absolute Gasteiger partial charge is 0.321 e. The van der Waals surface area contributed by atoms with Crippen LogP contribution in [-0.4, -0.2) is 36.9 Å². The van der Waals surface area contributed by atoms with E-state index in [1.807, 2.05) is 32.0 Å². The third-order valence-corrected chi connectivity index (χ3v) is 3.55. The zero-order chi connectivity index (χ0) is 15.2. The van der Waals surface area contributed by atoms with Gasteiger partial charge in [-0.1, -0.05) is 0 Å². The minimum absolute atomic E-state index is 0.0109. The van der Waals surface area contributed by atoms with Gasteiger partial charge in [-0.25, -0.2) is 4.79 Å². The molecule has 2 rings (SSSR count). The molecule has 21 heavy (non-hydrogen) atoms. The van der Waals surface area contributed by atoms with Crippen LogP contribution in [-0.2, 0) is 4.79 Å². The maximum atomic E-state index is 11.6. The van der Waals surface area contributed by atoms with Gasteiger partial charge in [-0.05, 0) is 32.0 Å². The summed E-state index contributed by atoms with van der Waals surface area (Å²) in [6, 6.07) is 5.03. The van der Waals surface area contributed by atoms with Crippen LogP contribution in [0.5, 0.6) is 11.5 Å². The minimum Gasteiger partial charge on any atom is -0.486 e. The van der Waals surface area contributed by atoms with Gasteiger partial charge in [0.1, 0.15) is 13.2 Å². The van der Waals surface area contributed by atoms with Crippen molar-refractivity contribution < 1.29 is 19.1 Å². The number of amides is 3. The molecule has 0 bridgehead atoms. The predicted molar refractivity (Wildman–Crippen MR) is 80.0 cm³/mol. The Bertz CT molecular complexity index is 534. The third kappa shape index (κ3) is 4.86. The second-order valence-corrected chi connectivity index (χ2v) is 5.82. The van der Waals surface area contributed by atoms with E-state index >= 15 is 0 Å². The number of thioether (sulfide) groups is 1. The summed E-state index contributed by atoms with van der Waals surface area (Å²) in [6.07, 6.45) is 0. The minimum atomic E-state index is -0.474. The van der Waals surface area contributed by atoms with Crippen LogP contribution < -0.4 is 20.1 Å². The summed E-state index contributed by atoms with van der Waals surface area (Å²) in [5.41, 5.74) is 0. The molecule has 0 unspecified atom stereocenters. The van der Waals surface area contributed by atoms with Crippen LogP contribution in [0.25, 0.3) is 0 Å². The largest absolute Gasteiger partial charge is 0.486 e. The summed E-state index contributed by atoms with van der Waals surface area (Å²) in [5.74, 6) is 1.22. The van der Waals surface area contributed by atoms with Crippen molar-refractivity contribution >= 4 is 23.7 Å². The molecular formula is C14H18N2O4S. The summed E-state index contributed by atoms with van der Waals surface area (Å²) in [6.45, 7) is 4.73. The van der Waals surface area contributed by atoms with Gasteiger partial charge in [0, 0.05) is 10.9 Å². The van der Waals surface area contributed by atoms with E-state index in [2.05, 4.69) is 10.6 Å². The molecule has 1 aromatic rings. The Kier molecular flexibility index (Phi) is 5.32. The molecule has 0 aromatic heterocycles. The summed E-state index contributed by atoms with van der Waals surface area (Å²) in [7, 11) is 0. The molecule has 1 aromatic carbocycles. The molecule has 0 fully saturated rings. The molecule has 1 aliphatic rings. The normalized spacial score (nSPS) is 12.9. The fourth-order valence-corrected chi connectivity index (χ4v) is 2.45. The maximum absolute atomic E-state index is 11.6. The zero-order valence-corrected chi connectivity index (χ0v) is 12.8. The van der Waals surface area contributed by atoms with E-state index < -0.39 is 6.03 Å². The van der Waals surface area contributed by atoms with Crippen LogP contribution in [0.15, 0.2) is 23.1 Å². The zero-order valence-electron chi connectivity index (χ0n) is 12.0. The van der Waals surface area contributed by atoms with E-state index in [0.29, 0.717) is 24.7 Å². The van der Waals surface area contributed by atoms with Crippen molar-refractivity contribution in [2.24, 2.45) is 0 Å². The molecule has 0 radical (unpaired) electrons. The van der Waals surface area contributed by atoms with E-state index in [9.17, 15) is 9.59 Å². The van der Waals surface area contributed by atoms with Gasteiger partial charge in [-0.15, -0.1) is 11.8 Å². The Balaban J connectivity index is 1.82. The second kappa shape index (κ2) is 7.21. The third-order valence-electron chi connectivity index (χ3n) is 2.56. The fraction of sp³-hybridized carbons (Fsp3) is 0.429. The summed E-state index contributed by atoms with van der Waals surface area (Å²) >= 11 is 1.33. The molecule has 0 saturated carbocycles. The van der Waals surface area contributed by atoms with Crippen LogP contribution >= 0.6 is 11.8 Å². The lowest BCUT2D eigenvalue weighted by Gasteiger charge is -2.18. The number of rotatable bonds is 4. The average Bonchev–Trinajstić information content (AvgIpc) is 2.44. The highest BCUT2D eigenvalue weighted by molar-refractivity contribution is 8.00. The first-order valence-electron chi connectivity index (χ1n) is 6.67. The van der Waals surface area contributed by atoms with Gasteiger partial charge in [-0.3, -0.25) is 10.1 Å². The molecule has 7 heteroatoms. The lowest BCUT2D eigenvalue weighted by molar-refractivity contribution is -0.117. The number of fused-ring (bicyclic) bond motifs is 1. The van der Waals surface area contributed by atoms with Crippen molar-refractivity contribution in [2.45, 2.75) is 24.8 Å². The number of ether oxygens (including phenoxy) is 2. The second-order valence-electron chi connectivity index (χ2n) is 4.77. The molecule has 6 nitrogen and oxygen atoms in total. The van der Waals surface area contributed by atoms with Crippen LogP contribution in [0.4, 0.5) is 4.79 Å². The molecule has 0 spiro atoms. The van der Waals surface area contributed by atoms with E-state index in [1.165, 1.54) is 11.8 Å². The number of urea groups is 1. The quantitative estimate of drug-likeness (QED) is 0.829. The van der Waals surface area contributed by atoms with E-state index in [0.717, 1.165) is 4.90 Å². The highest BCUT2D eigenvalue weighted by atomic mass is 32.2. The highest BCUT2D eigenvalue weighted by Crippen LogP contribution is 2.33. The maximum Gasteiger partial charge on any atom is 0.321 e. The van der Waals surface area contributed by atoms with E-state index in [1.54, 1.807) is 0 Å². The van der Waals surface area contributed by atoms with Gasteiger partial charge in [0.2, 0.25) is 5.91 Å². The molecule has 0 atom stereocenters. The average molecular weight is 310 g/mol. The number of imide groups is 1. The summed E-state index contributed by atoms with van der Waals surface area (Å²) in [4.78, 5) is 23.9. The van der Waals surface area contributed by atoms with Gasteiger partial charge < -0.3 is 14.8 Å². The number of carbonyl (C=O) groups excluding carboxylic acids is 2. The first kappa shape index (κ1) is 15.5. The number of hydrogen-bond donors (Lipinski definition) is 2. The van der Waals surface area contributed by atoms with Gasteiger partial charge in [0.25, 0.3) is 0 Å². The van der Waals surface area contributed by atoms with Gasteiger partial charge in [0.15, 0.2) is 11.5 Å². The lowest BCUT2D eigenvalue weighted by Crippen LogP contribution is -2.43. The first-order chi connectivity index (χ1) is 10.0. The number of nitrogens with one attached hydrogen (secondary N) is 2. The molecule has 0 aliphatic carbocycles. The Hall–Kier alpha value is -1.89. The van der Waals surface area contributed by atoms with Crippen molar-refractivity contribution in [3.8, 4) is 11.5 Å². The SMILES string of the molecule is CC(C)NC(=O)NC(=O)CSc1ccc2c(c1)OCCO2. The highest BCUT2D eigenvalue weighted by Gasteiger charge is 2.13. The predicted octanol–water partition coefficient (Wildman–Crippen LogP) is 1.78. The molecular weight excluding hydrogens is 292 g/mol. The van der Waals surface area contributed by atoms with Gasteiger partial charge >= 0.3 is 6.03 Å². The van der Waals surface area contributed by atoms with Gasteiger partial charge in [-0.2, -0.15) is 0 Å². The number of hydrogen-bond acceptors (Lipinski definition) is 5. The Morgan fingerprint density at radius 3 is 2.67 bits per heavy atom. The molecule has 114 valence electrons. The Labute approximate surface area is 127 Å².